The molecule has 0 spiro atoms. The van der Waals surface area contributed by atoms with Crippen LogP contribution < -0.4 is 5.32 Å². The van der Waals surface area contributed by atoms with Gasteiger partial charge in [-0.2, -0.15) is 0 Å². The number of aromatic amines is 1. The van der Waals surface area contributed by atoms with Gasteiger partial charge in [-0.15, -0.1) is 0 Å². The van der Waals surface area contributed by atoms with Crippen LogP contribution in [0.15, 0.2) is 24.3 Å². The van der Waals surface area contributed by atoms with Crippen LogP contribution in [-0.4, -0.2) is 16.5 Å². The molecule has 3 heteroatoms. The van der Waals surface area contributed by atoms with Gasteiger partial charge in [0.25, 0.3) is 0 Å². The molecule has 1 atom stereocenters. The molecule has 2 aromatic rings. The normalized spacial score (nSPS) is 22.0. The lowest BCUT2D eigenvalue weighted by Gasteiger charge is -2.19. The molecule has 1 radical (unpaired) electrons. The van der Waals surface area contributed by atoms with Crippen molar-refractivity contribution in [3.8, 4) is 0 Å². The molecule has 1 aliphatic heterocycles. The zero-order chi connectivity index (χ0) is 10.1. The number of para-hydroxylation sites is 2. The topological polar surface area (TPSA) is 42.8 Å². The maximum atomic E-state index is 4.60. The second kappa shape index (κ2) is 3.66. The number of rotatable bonds is 1. The van der Waals surface area contributed by atoms with E-state index in [0.717, 1.165) is 29.8 Å². The molecule has 0 saturated carbocycles. The number of hydrogen-bond acceptors (Lipinski definition) is 1. The molecule has 1 unspecified atom stereocenters. The van der Waals surface area contributed by atoms with Crippen LogP contribution in [0.1, 0.15) is 31.1 Å². The molecule has 1 N–H and O–H groups in total. The van der Waals surface area contributed by atoms with Gasteiger partial charge in [0.1, 0.15) is 5.82 Å². The number of benzene rings is 1. The zero-order valence-corrected chi connectivity index (χ0v) is 8.61. The van der Waals surface area contributed by atoms with Gasteiger partial charge in [0, 0.05) is 6.54 Å². The minimum Gasteiger partial charge on any atom is -0.341 e. The first-order chi connectivity index (χ1) is 7.43. The number of nitrogens with zero attached hydrogens (tertiary/aromatic N) is 2. The summed E-state index contributed by atoms with van der Waals surface area (Å²) < 4.78 is 0. The van der Waals surface area contributed by atoms with Crippen LogP contribution in [0.3, 0.4) is 0 Å². The van der Waals surface area contributed by atoms with Gasteiger partial charge in [-0.05, 0) is 25.0 Å². The predicted molar refractivity (Wildman–Crippen MR) is 59.7 cm³/mol. The average Bonchev–Trinajstić information content (AvgIpc) is 2.74. The fourth-order valence-electron chi connectivity index (χ4n) is 2.14. The Labute approximate surface area is 88.9 Å². The molecule has 1 saturated heterocycles. The maximum Gasteiger partial charge on any atom is 0.126 e. The number of H-pyrrole nitrogens is 1. The summed E-state index contributed by atoms with van der Waals surface area (Å²) in [4.78, 5) is 7.95. The molecule has 0 bridgehead atoms. The van der Waals surface area contributed by atoms with E-state index in [1.165, 1.54) is 12.8 Å². The minimum atomic E-state index is 0.297. The molecular formula is C12H14N3. The molecule has 1 aromatic carbocycles. The Balaban J connectivity index is 1.96. The van der Waals surface area contributed by atoms with Gasteiger partial charge in [0.05, 0.1) is 17.1 Å². The summed E-state index contributed by atoms with van der Waals surface area (Å²) in [5.41, 5.74) is 2.17. The van der Waals surface area contributed by atoms with E-state index in [1.807, 2.05) is 18.2 Å². The highest BCUT2D eigenvalue weighted by atomic mass is 15.0. The average molecular weight is 200 g/mol. The highest BCUT2D eigenvalue weighted by Gasteiger charge is 2.18. The summed E-state index contributed by atoms with van der Waals surface area (Å²) in [6, 6.07) is 8.45. The van der Waals surface area contributed by atoms with Gasteiger partial charge < -0.3 is 4.98 Å². The van der Waals surface area contributed by atoms with Gasteiger partial charge in [0.2, 0.25) is 0 Å². The van der Waals surface area contributed by atoms with Crippen molar-refractivity contribution < 1.29 is 0 Å². The number of nitrogens with one attached hydrogen (secondary N) is 1. The number of aromatic nitrogens is 2. The monoisotopic (exact) mass is 200 g/mol. The number of imidazole rings is 1. The molecule has 77 valence electrons. The summed E-state index contributed by atoms with van der Waals surface area (Å²) in [5.74, 6) is 1.04. The second-order valence-corrected chi connectivity index (χ2v) is 4.06. The third-order valence-electron chi connectivity index (χ3n) is 2.96. The van der Waals surface area contributed by atoms with Gasteiger partial charge in [-0.25, -0.2) is 10.3 Å². The first kappa shape index (κ1) is 8.92. The molecule has 15 heavy (non-hydrogen) atoms. The zero-order valence-electron chi connectivity index (χ0n) is 8.61. The van der Waals surface area contributed by atoms with Gasteiger partial charge in [-0.3, -0.25) is 0 Å². The fraction of sp³-hybridized carbons (Fsp3) is 0.417. The minimum absolute atomic E-state index is 0.297. The lowest BCUT2D eigenvalue weighted by atomic mass is 10.0. The summed E-state index contributed by atoms with van der Waals surface area (Å²) in [5, 5.41) is 4.60. The Hall–Kier alpha value is -1.35. The summed E-state index contributed by atoms with van der Waals surface area (Å²) in [6.45, 7) is 0.988. The van der Waals surface area contributed by atoms with Crippen LogP contribution >= 0.6 is 0 Å². The highest BCUT2D eigenvalue weighted by Crippen LogP contribution is 2.23. The molecule has 1 fully saturated rings. The molecule has 1 aliphatic rings. The Morgan fingerprint density at radius 3 is 2.93 bits per heavy atom. The lowest BCUT2D eigenvalue weighted by molar-refractivity contribution is 0.391. The summed E-state index contributed by atoms with van der Waals surface area (Å²) in [7, 11) is 0. The maximum absolute atomic E-state index is 4.60. The first-order valence-electron chi connectivity index (χ1n) is 5.55. The van der Waals surface area contributed by atoms with E-state index in [2.05, 4.69) is 21.4 Å². The third kappa shape index (κ3) is 1.63. The van der Waals surface area contributed by atoms with E-state index in [0.29, 0.717) is 6.04 Å². The van der Waals surface area contributed by atoms with Gasteiger partial charge in [0.15, 0.2) is 0 Å². The molecular weight excluding hydrogens is 186 g/mol. The molecule has 0 amide bonds. The van der Waals surface area contributed by atoms with Crippen molar-refractivity contribution in [2.24, 2.45) is 0 Å². The SMILES string of the molecule is c1ccc2[nH]c(C3CCCC[N]3)nc2c1. The predicted octanol–water partition coefficient (Wildman–Crippen LogP) is 2.39. The van der Waals surface area contributed by atoms with E-state index in [4.69, 9.17) is 0 Å². The van der Waals surface area contributed by atoms with E-state index >= 15 is 0 Å². The van der Waals surface area contributed by atoms with Crippen molar-refractivity contribution in [1.29, 1.82) is 0 Å². The quantitative estimate of drug-likeness (QED) is 0.754. The van der Waals surface area contributed by atoms with Gasteiger partial charge in [-0.1, -0.05) is 18.6 Å². The van der Waals surface area contributed by atoms with Crippen molar-refractivity contribution in [3.63, 3.8) is 0 Å². The molecule has 3 nitrogen and oxygen atoms in total. The van der Waals surface area contributed by atoms with E-state index in [9.17, 15) is 0 Å². The van der Waals surface area contributed by atoms with Crippen LogP contribution in [0.2, 0.25) is 0 Å². The van der Waals surface area contributed by atoms with Crippen molar-refractivity contribution in [2.45, 2.75) is 25.3 Å². The van der Waals surface area contributed by atoms with E-state index < -0.39 is 0 Å². The smallest absolute Gasteiger partial charge is 0.126 e. The molecule has 3 rings (SSSR count). The Morgan fingerprint density at radius 2 is 2.13 bits per heavy atom. The van der Waals surface area contributed by atoms with Crippen LogP contribution in [0.5, 0.6) is 0 Å². The summed E-state index contributed by atoms with van der Waals surface area (Å²) >= 11 is 0. The Bertz CT molecular complexity index is 422. The standard InChI is InChI=1S/C12H14N3/c1-2-6-10-9(5-1)14-12(15-10)11-7-3-4-8-13-11/h1-2,5-6,11H,3-4,7-8H2,(H,14,15). The van der Waals surface area contributed by atoms with E-state index in [1.54, 1.807) is 0 Å². The summed E-state index contributed by atoms with van der Waals surface area (Å²) in [6.07, 6.45) is 3.64. The Kier molecular flexibility index (Phi) is 2.18. The molecule has 2 heterocycles. The van der Waals surface area contributed by atoms with Crippen molar-refractivity contribution in [3.05, 3.63) is 30.1 Å². The van der Waals surface area contributed by atoms with Crippen molar-refractivity contribution >= 4 is 11.0 Å². The molecule has 0 aliphatic carbocycles. The lowest BCUT2D eigenvalue weighted by Crippen LogP contribution is -2.21. The first-order valence-corrected chi connectivity index (χ1v) is 5.55. The van der Waals surface area contributed by atoms with Crippen molar-refractivity contribution in [1.82, 2.24) is 15.3 Å². The van der Waals surface area contributed by atoms with Gasteiger partial charge >= 0.3 is 0 Å². The Morgan fingerprint density at radius 1 is 1.20 bits per heavy atom. The van der Waals surface area contributed by atoms with Crippen LogP contribution in [0, 0.1) is 0 Å². The highest BCUT2D eigenvalue weighted by molar-refractivity contribution is 5.74. The van der Waals surface area contributed by atoms with Crippen LogP contribution in [-0.2, 0) is 0 Å². The largest absolute Gasteiger partial charge is 0.341 e. The molecule has 1 aromatic heterocycles. The second-order valence-electron chi connectivity index (χ2n) is 4.06. The fourth-order valence-corrected chi connectivity index (χ4v) is 2.14. The van der Waals surface area contributed by atoms with E-state index in [-0.39, 0.29) is 0 Å². The van der Waals surface area contributed by atoms with Crippen LogP contribution in [0.25, 0.3) is 11.0 Å². The number of fused-ring (bicyclic) bond motifs is 1. The number of hydrogen-bond donors (Lipinski definition) is 1. The number of piperidine rings is 1. The third-order valence-corrected chi connectivity index (χ3v) is 2.96. The van der Waals surface area contributed by atoms with Crippen LogP contribution in [0.4, 0.5) is 0 Å². The van der Waals surface area contributed by atoms with Crippen molar-refractivity contribution in [2.75, 3.05) is 6.54 Å².